The summed E-state index contributed by atoms with van der Waals surface area (Å²) in [7, 11) is 0. The Balaban J connectivity index is 1.89. The van der Waals surface area contributed by atoms with Crippen molar-refractivity contribution >= 4 is 0 Å². The Morgan fingerprint density at radius 3 is 1.80 bits per heavy atom. The Morgan fingerprint density at radius 1 is 1.00 bits per heavy atom. The van der Waals surface area contributed by atoms with Crippen molar-refractivity contribution in [1.29, 1.82) is 0 Å². The van der Waals surface area contributed by atoms with Crippen LogP contribution in [0.15, 0.2) is 0 Å². The molecule has 0 nitrogen and oxygen atoms in total. The van der Waals surface area contributed by atoms with E-state index in [2.05, 4.69) is 6.92 Å². The van der Waals surface area contributed by atoms with E-state index < -0.39 is 0 Å². The fraction of sp³-hybridized carbons (Fsp3) is 0.900. The molecule has 4 fully saturated rings. The van der Waals surface area contributed by atoms with Crippen LogP contribution in [0.4, 0.5) is 0 Å². The van der Waals surface area contributed by atoms with Crippen LogP contribution in [-0.4, -0.2) is 0 Å². The molecular formula is C10H13. The molecular weight excluding hydrogens is 120 g/mol. The lowest BCUT2D eigenvalue weighted by molar-refractivity contribution is -0.414. The summed E-state index contributed by atoms with van der Waals surface area (Å²) in [6, 6.07) is 0. The maximum atomic E-state index is 4.40. The summed E-state index contributed by atoms with van der Waals surface area (Å²) in [6.07, 6.45) is 6.13. The summed E-state index contributed by atoms with van der Waals surface area (Å²) in [5.41, 5.74) is 1.51. The predicted molar refractivity (Wildman–Crippen MR) is 39.2 cm³/mol. The first-order valence-electron chi connectivity index (χ1n) is 4.63. The normalized spacial score (nSPS) is 80.7. The van der Waals surface area contributed by atoms with Gasteiger partial charge in [0.2, 0.25) is 0 Å². The molecule has 53 valence electrons. The molecule has 0 bridgehead atoms. The summed E-state index contributed by atoms with van der Waals surface area (Å²) in [6.45, 7) is 4.40. The summed E-state index contributed by atoms with van der Waals surface area (Å²) in [5, 5.41) is 0. The number of hydrogen-bond donors (Lipinski definition) is 0. The van der Waals surface area contributed by atoms with Gasteiger partial charge in [0, 0.05) is 0 Å². The summed E-state index contributed by atoms with van der Waals surface area (Å²) < 4.78 is 0. The first-order valence-corrected chi connectivity index (χ1v) is 4.63. The van der Waals surface area contributed by atoms with Crippen molar-refractivity contribution < 1.29 is 0 Å². The van der Waals surface area contributed by atoms with Gasteiger partial charge in [0.25, 0.3) is 0 Å². The second-order valence-corrected chi connectivity index (χ2v) is 5.18. The maximum absolute atomic E-state index is 4.40. The monoisotopic (exact) mass is 133 g/mol. The Hall–Kier alpha value is 0. The van der Waals surface area contributed by atoms with Crippen molar-refractivity contribution in [3.05, 3.63) is 6.92 Å². The molecule has 0 aromatic rings. The first kappa shape index (κ1) is 4.79. The Kier molecular flexibility index (Phi) is 0.442. The van der Waals surface area contributed by atoms with Crippen molar-refractivity contribution in [1.82, 2.24) is 0 Å². The Bertz CT molecular complexity index is 203. The van der Waals surface area contributed by atoms with Crippen molar-refractivity contribution in [2.24, 2.45) is 28.6 Å². The molecule has 0 aromatic heterocycles. The van der Waals surface area contributed by atoms with E-state index in [0.29, 0.717) is 5.41 Å². The van der Waals surface area contributed by atoms with Gasteiger partial charge in [0.05, 0.1) is 0 Å². The van der Waals surface area contributed by atoms with E-state index in [0.717, 1.165) is 23.2 Å². The van der Waals surface area contributed by atoms with Gasteiger partial charge in [-0.05, 0) is 61.2 Å². The van der Waals surface area contributed by atoms with Crippen LogP contribution in [0.1, 0.15) is 25.7 Å². The highest BCUT2D eigenvalue weighted by Crippen LogP contribution is 2.92. The summed E-state index contributed by atoms with van der Waals surface area (Å²) in [5.74, 6) is 3.47. The second-order valence-electron chi connectivity index (χ2n) is 5.18. The zero-order valence-electron chi connectivity index (χ0n) is 6.27. The van der Waals surface area contributed by atoms with Crippen molar-refractivity contribution in [3.63, 3.8) is 0 Å². The van der Waals surface area contributed by atoms with E-state index in [1.807, 2.05) is 0 Å². The minimum Gasteiger partial charge on any atom is -0.0465 e. The van der Waals surface area contributed by atoms with E-state index >= 15 is 0 Å². The molecule has 5 atom stereocenters. The van der Waals surface area contributed by atoms with Gasteiger partial charge in [-0.1, -0.05) is 0 Å². The average Bonchev–Trinajstić information content (AvgIpc) is 1.73. The van der Waals surface area contributed by atoms with Gasteiger partial charge in [-0.25, -0.2) is 0 Å². The van der Waals surface area contributed by atoms with Gasteiger partial charge in [-0.3, -0.25) is 0 Å². The van der Waals surface area contributed by atoms with Gasteiger partial charge in [-0.2, -0.15) is 0 Å². The summed E-state index contributed by atoms with van der Waals surface area (Å²) >= 11 is 0. The number of hydrogen-bond acceptors (Lipinski definition) is 0. The molecule has 1 spiro atoms. The number of rotatable bonds is 0. The van der Waals surface area contributed by atoms with Gasteiger partial charge < -0.3 is 0 Å². The van der Waals surface area contributed by atoms with Gasteiger partial charge in [0.15, 0.2) is 0 Å². The first-order chi connectivity index (χ1) is 4.77. The highest BCUT2D eigenvalue weighted by atomic mass is 14.9. The van der Waals surface area contributed by atoms with Crippen LogP contribution in [0, 0.1) is 35.5 Å². The molecule has 0 aliphatic heterocycles. The molecule has 10 heavy (non-hydrogen) atoms. The topological polar surface area (TPSA) is 0 Å². The SMILES string of the molecule is [CH2]C12CC3CC4C[C@H](C1)C432. The quantitative estimate of drug-likeness (QED) is 0.475. The van der Waals surface area contributed by atoms with E-state index in [9.17, 15) is 0 Å². The highest BCUT2D eigenvalue weighted by molar-refractivity contribution is 5.35. The maximum Gasteiger partial charge on any atom is -0.0155 e. The van der Waals surface area contributed by atoms with Gasteiger partial charge >= 0.3 is 0 Å². The minimum atomic E-state index is 0.628. The molecule has 1 radical (unpaired) electrons. The van der Waals surface area contributed by atoms with Crippen LogP contribution in [-0.2, 0) is 0 Å². The van der Waals surface area contributed by atoms with Crippen molar-refractivity contribution in [3.8, 4) is 0 Å². The zero-order valence-corrected chi connectivity index (χ0v) is 6.27. The molecule has 4 aliphatic rings. The van der Waals surface area contributed by atoms with Crippen molar-refractivity contribution in [2.75, 3.05) is 0 Å². The Morgan fingerprint density at radius 2 is 1.60 bits per heavy atom. The molecule has 4 unspecified atom stereocenters. The minimum absolute atomic E-state index is 0.628. The molecule has 4 saturated carbocycles. The van der Waals surface area contributed by atoms with Crippen LogP contribution >= 0.6 is 0 Å². The lowest BCUT2D eigenvalue weighted by Crippen LogP contribution is -2.84. The van der Waals surface area contributed by atoms with Gasteiger partial charge in [0.1, 0.15) is 0 Å². The molecule has 0 amide bonds. The largest absolute Gasteiger partial charge is 0.0465 e. The summed E-state index contributed by atoms with van der Waals surface area (Å²) in [4.78, 5) is 0. The molecule has 0 heteroatoms. The molecule has 0 heterocycles. The van der Waals surface area contributed by atoms with Crippen LogP contribution in [0.2, 0.25) is 0 Å². The fourth-order valence-corrected chi connectivity index (χ4v) is 5.16. The lowest BCUT2D eigenvalue weighted by Gasteiger charge is -2.91. The van der Waals surface area contributed by atoms with E-state index in [1.165, 1.54) is 12.8 Å². The molecule has 4 aliphatic carbocycles. The highest BCUT2D eigenvalue weighted by Gasteiger charge is 2.85. The average molecular weight is 133 g/mol. The van der Waals surface area contributed by atoms with Crippen LogP contribution < -0.4 is 0 Å². The molecule has 4 rings (SSSR count). The zero-order chi connectivity index (χ0) is 6.56. The van der Waals surface area contributed by atoms with E-state index in [4.69, 9.17) is 0 Å². The molecule has 0 N–H and O–H groups in total. The molecule has 0 aromatic carbocycles. The smallest absolute Gasteiger partial charge is 0.0155 e. The fourth-order valence-electron chi connectivity index (χ4n) is 5.16. The molecule has 0 saturated heterocycles. The predicted octanol–water partition coefficient (Wildman–Crippen LogP) is 2.26. The standard InChI is InChI=1S/C10H13/c1-9-4-7-2-6-3-8(5-9)10(6,7)9/h6-8H,1-5H2/t6?,7-,8?,9?,10?/m1/s1. The Labute approximate surface area is 62.0 Å². The van der Waals surface area contributed by atoms with Crippen LogP contribution in [0.25, 0.3) is 0 Å². The van der Waals surface area contributed by atoms with Crippen LogP contribution in [0.3, 0.4) is 0 Å². The third kappa shape index (κ3) is 0.194. The third-order valence-corrected chi connectivity index (χ3v) is 5.36. The third-order valence-electron chi connectivity index (χ3n) is 5.36. The lowest BCUT2D eigenvalue weighted by atomic mass is 9.14. The van der Waals surface area contributed by atoms with Crippen molar-refractivity contribution in [2.45, 2.75) is 25.7 Å². The van der Waals surface area contributed by atoms with Crippen LogP contribution in [0.5, 0.6) is 0 Å². The van der Waals surface area contributed by atoms with Gasteiger partial charge in [-0.15, -0.1) is 0 Å². The van der Waals surface area contributed by atoms with E-state index in [-0.39, 0.29) is 0 Å². The second kappa shape index (κ2) is 0.922. The van der Waals surface area contributed by atoms with E-state index in [1.54, 1.807) is 12.8 Å².